The number of aromatic nitrogens is 2. The van der Waals surface area contributed by atoms with Gasteiger partial charge in [0, 0.05) is 17.6 Å². The lowest BCUT2D eigenvalue weighted by molar-refractivity contribution is -0.130. The van der Waals surface area contributed by atoms with E-state index in [0.717, 1.165) is 21.9 Å². The molecular formula is C22H17ClN4O2S. The van der Waals surface area contributed by atoms with E-state index in [2.05, 4.69) is 10.1 Å². The summed E-state index contributed by atoms with van der Waals surface area (Å²) in [5, 5.41) is 7.61. The van der Waals surface area contributed by atoms with Gasteiger partial charge < -0.3 is 4.42 Å². The molecule has 0 fully saturated rings. The number of halogens is 1. The summed E-state index contributed by atoms with van der Waals surface area (Å²) >= 11 is 7.40. The number of imidazole rings is 1. The Bertz CT molecular complexity index is 1220. The molecule has 1 aliphatic rings. The van der Waals surface area contributed by atoms with Crippen molar-refractivity contribution in [3.05, 3.63) is 89.6 Å². The van der Waals surface area contributed by atoms with Crippen molar-refractivity contribution in [3.63, 3.8) is 0 Å². The quantitative estimate of drug-likeness (QED) is 0.410. The third kappa shape index (κ3) is 3.62. The lowest BCUT2D eigenvalue weighted by Crippen LogP contribution is -2.28. The van der Waals surface area contributed by atoms with Gasteiger partial charge in [-0.3, -0.25) is 9.20 Å². The lowest BCUT2D eigenvalue weighted by Gasteiger charge is -2.19. The number of benzene rings is 1. The molecular weight excluding hydrogens is 420 g/mol. The van der Waals surface area contributed by atoms with Gasteiger partial charge in [0.25, 0.3) is 5.91 Å². The van der Waals surface area contributed by atoms with Crippen LogP contribution < -0.4 is 0 Å². The Balaban J connectivity index is 1.38. The highest BCUT2D eigenvalue weighted by Gasteiger charge is 2.34. The number of rotatable bonds is 5. The summed E-state index contributed by atoms with van der Waals surface area (Å²) in [7, 11) is 0. The van der Waals surface area contributed by atoms with Gasteiger partial charge in [0.05, 0.1) is 29.4 Å². The third-order valence-electron chi connectivity index (χ3n) is 4.94. The maximum atomic E-state index is 13.1. The van der Waals surface area contributed by atoms with Crippen LogP contribution in [0.15, 0.2) is 87.9 Å². The van der Waals surface area contributed by atoms with Crippen LogP contribution in [-0.4, -0.2) is 31.8 Å². The maximum Gasteiger partial charge on any atom is 0.253 e. The standard InChI is InChI=1S/C22H17ClN4O2S/c23-16-8-6-15(7-9-16)18-12-19(20-5-3-11-29-20)27(25-18)21(28)14-30-22-24-13-17-4-1-2-10-26(17)22/h1-11,13,19H,12,14H2. The number of hydrazone groups is 1. The first-order valence-corrected chi connectivity index (χ1v) is 10.8. The molecule has 0 saturated heterocycles. The minimum atomic E-state index is -0.268. The van der Waals surface area contributed by atoms with Gasteiger partial charge in [0.2, 0.25) is 0 Å². The number of furan rings is 1. The summed E-state index contributed by atoms with van der Waals surface area (Å²) in [6.07, 6.45) is 5.93. The number of fused-ring (bicyclic) bond motifs is 1. The van der Waals surface area contributed by atoms with E-state index >= 15 is 0 Å². The fourth-order valence-electron chi connectivity index (χ4n) is 3.48. The number of hydrogen-bond acceptors (Lipinski definition) is 5. The number of carbonyl (C=O) groups is 1. The molecule has 1 aromatic carbocycles. The number of hydrogen-bond donors (Lipinski definition) is 0. The van der Waals surface area contributed by atoms with Crippen molar-refractivity contribution in [2.24, 2.45) is 5.10 Å². The highest BCUT2D eigenvalue weighted by Crippen LogP contribution is 2.34. The predicted molar refractivity (Wildman–Crippen MR) is 117 cm³/mol. The van der Waals surface area contributed by atoms with Crippen LogP contribution in [0.1, 0.15) is 23.8 Å². The van der Waals surface area contributed by atoms with Crippen molar-refractivity contribution in [2.75, 3.05) is 5.75 Å². The molecule has 0 N–H and O–H groups in total. The normalized spacial score (nSPS) is 16.2. The molecule has 0 radical (unpaired) electrons. The zero-order chi connectivity index (χ0) is 20.5. The molecule has 0 bridgehead atoms. The number of nitrogens with zero attached hydrogens (tertiary/aromatic N) is 4. The smallest absolute Gasteiger partial charge is 0.253 e. The van der Waals surface area contributed by atoms with Crippen LogP contribution in [0.2, 0.25) is 5.02 Å². The lowest BCUT2D eigenvalue weighted by atomic mass is 10.0. The summed E-state index contributed by atoms with van der Waals surface area (Å²) < 4.78 is 7.56. The van der Waals surface area contributed by atoms with E-state index in [4.69, 9.17) is 16.0 Å². The van der Waals surface area contributed by atoms with Crippen LogP contribution in [0.5, 0.6) is 0 Å². The van der Waals surface area contributed by atoms with Crippen LogP contribution in [0.3, 0.4) is 0 Å². The summed E-state index contributed by atoms with van der Waals surface area (Å²) in [4.78, 5) is 17.5. The Hall–Kier alpha value is -3.03. The molecule has 5 rings (SSSR count). The SMILES string of the molecule is O=C(CSc1ncc2ccccn12)N1N=C(c2ccc(Cl)cc2)CC1c1ccco1. The Morgan fingerprint density at radius 1 is 1.17 bits per heavy atom. The fourth-order valence-corrected chi connectivity index (χ4v) is 4.42. The van der Waals surface area contributed by atoms with Crippen LogP contribution >= 0.6 is 23.4 Å². The molecule has 0 spiro atoms. The second-order valence-electron chi connectivity index (χ2n) is 6.85. The first-order chi connectivity index (χ1) is 14.7. The van der Waals surface area contributed by atoms with Crippen molar-refractivity contribution in [3.8, 4) is 0 Å². The molecule has 8 heteroatoms. The zero-order valence-corrected chi connectivity index (χ0v) is 17.4. The molecule has 6 nitrogen and oxygen atoms in total. The summed E-state index contributed by atoms with van der Waals surface area (Å²) in [6.45, 7) is 0. The third-order valence-corrected chi connectivity index (χ3v) is 6.15. The van der Waals surface area contributed by atoms with E-state index in [1.165, 1.54) is 16.8 Å². The Labute approximate surface area is 182 Å². The molecule has 1 amide bonds. The minimum Gasteiger partial charge on any atom is -0.467 e. The molecule has 1 atom stereocenters. The number of thioether (sulfide) groups is 1. The van der Waals surface area contributed by atoms with Crippen LogP contribution in [-0.2, 0) is 4.79 Å². The second kappa shape index (κ2) is 8.01. The van der Waals surface area contributed by atoms with Gasteiger partial charge in [-0.15, -0.1) is 0 Å². The van der Waals surface area contributed by atoms with Crippen molar-refractivity contribution >= 4 is 40.5 Å². The summed E-state index contributed by atoms with van der Waals surface area (Å²) in [5.41, 5.74) is 2.76. The van der Waals surface area contributed by atoms with Crippen molar-refractivity contribution < 1.29 is 9.21 Å². The summed E-state index contributed by atoms with van der Waals surface area (Å²) in [6, 6.07) is 16.8. The van der Waals surface area contributed by atoms with Gasteiger partial charge in [-0.1, -0.05) is 41.6 Å². The average molecular weight is 437 g/mol. The Morgan fingerprint density at radius 2 is 2.03 bits per heavy atom. The van der Waals surface area contributed by atoms with Crippen LogP contribution in [0.4, 0.5) is 0 Å². The van der Waals surface area contributed by atoms with Crippen molar-refractivity contribution in [1.29, 1.82) is 0 Å². The molecule has 3 aromatic heterocycles. The fraction of sp³-hybridized carbons (Fsp3) is 0.136. The second-order valence-corrected chi connectivity index (χ2v) is 8.23. The summed E-state index contributed by atoms with van der Waals surface area (Å²) in [5.74, 6) is 0.841. The molecule has 150 valence electrons. The van der Waals surface area contributed by atoms with Gasteiger partial charge >= 0.3 is 0 Å². The number of carbonyl (C=O) groups excluding carboxylic acids is 1. The van der Waals surface area contributed by atoms with Crippen molar-refractivity contribution in [1.82, 2.24) is 14.4 Å². The monoisotopic (exact) mass is 436 g/mol. The first kappa shape index (κ1) is 19.0. The molecule has 1 aliphatic heterocycles. The van der Waals surface area contributed by atoms with Gasteiger partial charge in [-0.05, 0) is 42.0 Å². The van der Waals surface area contributed by atoms with Crippen molar-refractivity contribution in [2.45, 2.75) is 17.6 Å². The van der Waals surface area contributed by atoms with Crippen LogP contribution in [0, 0.1) is 0 Å². The van der Waals surface area contributed by atoms with E-state index in [0.29, 0.717) is 17.2 Å². The highest BCUT2D eigenvalue weighted by atomic mass is 35.5. The molecule has 0 saturated carbocycles. The molecule has 0 aliphatic carbocycles. The predicted octanol–water partition coefficient (Wildman–Crippen LogP) is 5.05. The van der Waals surface area contributed by atoms with Gasteiger partial charge in [0.15, 0.2) is 5.16 Å². The number of pyridine rings is 1. The topological polar surface area (TPSA) is 63.1 Å². The largest absolute Gasteiger partial charge is 0.467 e. The Morgan fingerprint density at radius 3 is 2.83 bits per heavy atom. The van der Waals surface area contributed by atoms with E-state index in [9.17, 15) is 4.79 Å². The van der Waals surface area contributed by atoms with Gasteiger partial charge in [-0.25, -0.2) is 9.99 Å². The Kier molecular flexibility index (Phi) is 5.06. The van der Waals surface area contributed by atoms with Gasteiger partial charge in [-0.2, -0.15) is 5.10 Å². The molecule has 4 aromatic rings. The minimum absolute atomic E-state index is 0.0990. The molecule has 1 unspecified atom stereocenters. The van der Waals surface area contributed by atoms with E-state index in [1.807, 2.05) is 65.2 Å². The van der Waals surface area contributed by atoms with Crippen LogP contribution in [0.25, 0.3) is 5.52 Å². The molecule has 30 heavy (non-hydrogen) atoms. The van der Waals surface area contributed by atoms with E-state index in [-0.39, 0.29) is 17.7 Å². The zero-order valence-electron chi connectivity index (χ0n) is 15.8. The van der Waals surface area contributed by atoms with Gasteiger partial charge in [0.1, 0.15) is 11.8 Å². The maximum absolute atomic E-state index is 13.1. The van der Waals surface area contributed by atoms with E-state index < -0.39 is 0 Å². The molecule has 4 heterocycles. The number of amides is 1. The van der Waals surface area contributed by atoms with E-state index in [1.54, 1.807) is 12.5 Å². The highest BCUT2D eigenvalue weighted by molar-refractivity contribution is 7.99. The first-order valence-electron chi connectivity index (χ1n) is 9.43. The average Bonchev–Trinajstić information content (AvgIpc) is 3.51.